The molecular formula is C16H17FN4O. The van der Waals surface area contributed by atoms with Crippen molar-refractivity contribution in [1.82, 2.24) is 14.9 Å². The molecule has 1 aliphatic heterocycles. The van der Waals surface area contributed by atoms with Crippen LogP contribution in [-0.4, -0.2) is 27.3 Å². The number of amides is 1. The third kappa shape index (κ3) is 2.64. The first-order valence-electron chi connectivity index (χ1n) is 7.22. The molecule has 1 aromatic heterocycles. The van der Waals surface area contributed by atoms with Gasteiger partial charge >= 0.3 is 0 Å². The van der Waals surface area contributed by atoms with Crippen molar-refractivity contribution in [2.75, 3.05) is 12.3 Å². The summed E-state index contributed by atoms with van der Waals surface area (Å²) in [7, 11) is 0. The first-order valence-corrected chi connectivity index (χ1v) is 7.22. The molecule has 6 heteroatoms. The van der Waals surface area contributed by atoms with Gasteiger partial charge < -0.3 is 10.6 Å². The lowest BCUT2D eigenvalue weighted by Gasteiger charge is -2.24. The van der Waals surface area contributed by atoms with E-state index < -0.39 is 0 Å². The van der Waals surface area contributed by atoms with Gasteiger partial charge in [0.2, 0.25) is 11.9 Å². The van der Waals surface area contributed by atoms with Crippen molar-refractivity contribution in [2.24, 2.45) is 0 Å². The number of halogens is 1. The van der Waals surface area contributed by atoms with E-state index in [-0.39, 0.29) is 23.7 Å². The summed E-state index contributed by atoms with van der Waals surface area (Å²) < 4.78 is 13.1. The number of nitrogens with two attached hydrogens (primary N) is 1. The Morgan fingerprint density at radius 1 is 1.36 bits per heavy atom. The topological polar surface area (TPSA) is 72.1 Å². The number of hydrogen-bond acceptors (Lipinski definition) is 4. The number of benzene rings is 1. The molecule has 0 radical (unpaired) electrons. The van der Waals surface area contributed by atoms with Crippen LogP contribution in [0.25, 0.3) is 11.1 Å². The SMILES string of the molecule is CC(=O)N1CCC[C@H]1c1nc(N)ncc1-c1ccc(F)cc1. The molecule has 1 amide bonds. The molecule has 5 nitrogen and oxygen atoms in total. The Balaban J connectivity index is 2.08. The molecule has 22 heavy (non-hydrogen) atoms. The summed E-state index contributed by atoms with van der Waals surface area (Å²) in [6, 6.07) is 6.05. The Bertz CT molecular complexity index is 702. The number of likely N-dealkylation sites (tertiary alicyclic amines) is 1. The molecule has 1 saturated heterocycles. The smallest absolute Gasteiger partial charge is 0.220 e. The van der Waals surface area contributed by atoms with Crippen LogP contribution >= 0.6 is 0 Å². The molecular weight excluding hydrogens is 283 g/mol. The van der Waals surface area contributed by atoms with E-state index in [1.165, 1.54) is 12.1 Å². The highest BCUT2D eigenvalue weighted by Gasteiger charge is 2.31. The highest BCUT2D eigenvalue weighted by Crippen LogP contribution is 2.36. The third-order valence-electron chi connectivity index (χ3n) is 3.97. The number of carbonyl (C=O) groups is 1. The molecule has 2 heterocycles. The first-order chi connectivity index (χ1) is 10.6. The Kier molecular flexibility index (Phi) is 3.75. The summed E-state index contributed by atoms with van der Waals surface area (Å²) in [6.45, 7) is 2.27. The van der Waals surface area contributed by atoms with Crippen LogP contribution in [0.3, 0.4) is 0 Å². The lowest BCUT2D eigenvalue weighted by molar-refractivity contribution is -0.129. The summed E-state index contributed by atoms with van der Waals surface area (Å²) in [4.78, 5) is 22.0. The zero-order valence-corrected chi connectivity index (χ0v) is 12.3. The molecule has 2 aromatic rings. The fourth-order valence-corrected chi connectivity index (χ4v) is 2.94. The van der Waals surface area contributed by atoms with Gasteiger partial charge in [0.05, 0.1) is 11.7 Å². The van der Waals surface area contributed by atoms with E-state index >= 15 is 0 Å². The van der Waals surface area contributed by atoms with E-state index in [2.05, 4.69) is 9.97 Å². The van der Waals surface area contributed by atoms with Gasteiger partial charge in [0.15, 0.2) is 0 Å². The molecule has 0 aliphatic carbocycles. The second-order valence-electron chi connectivity index (χ2n) is 5.40. The maximum Gasteiger partial charge on any atom is 0.220 e. The first kappa shape index (κ1) is 14.4. The third-order valence-corrected chi connectivity index (χ3v) is 3.97. The van der Waals surface area contributed by atoms with Crippen molar-refractivity contribution < 1.29 is 9.18 Å². The zero-order chi connectivity index (χ0) is 15.7. The van der Waals surface area contributed by atoms with E-state index in [1.807, 2.05) is 0 Å². The Hall–Kier alpha value is -2.50. The number of carbonyl (C=O) groups excluding carboxylic acids is 1. The summed E-state index contributed by atoms with van der Waals surface area (Å²) in [5.41, 5.74) is 8.06. The van der Waals surface area contributed by atoms with Gasteiger partial charge in [-0.25, -0.2) is 14.4 Å². The van der Waals surface area contributed by atoms with Crippen molar-refractivity contribution in [1.29, 1.82) is 0 Å². The molecule has 1 atom stereocenters. The average Bonchev–Trinajstić information content (AvgIpc) is 2.98. The van der Waals surface area contributed by atoms with Crippen molar-refractivity contribution in [3.05, 3.63) is 42.0 Å². The lowest BCUT2D eigenvalue weighted by atomic mass is 10.00. The van der Waals surface area contributed by atoms with E-state index in [9.17, 15) is 9.18 Å². The number of aromatic nitrogens is 2. The lowest BCUT2D eigenvalue weighted by Crippen LogP contribution is -2.29. The summed E-state index contributed by atoms with van der Waals surface area (Å²) in [5.74, 6) is -0.103. The summed E-state index contributed by atoms with van der Waals surface area (Å²) >= 11 is 0. The Morgan fingerprint density at radius 2 is 2.09 bits per heavy atom. The molecule has 0 spiro atoms. The Morgan fingerprint density at radius 3 is 2.77 bits per heavy atom. The number of anilines is 1. The van der Waals surface area contributed by atoms with Crippen LogP contribution in [0.4, 0.5) is 10.3 Å². The zero-order valence-electron chi connectivity index (χ0n) is 12.3. The van der Waals surface area contributed by atoms with E-state index in [1.54, 1.807) is 30.2 Å². The van der Waals surface area contributed by atoms with E-state index in [4.69, 9.17) is 5.73 Å². The van der Waals surface area contributed by atoms with Crippen molar-refractivity contribution in [3.8, 4) is 11.1 Å². The standard InChI is InChI=1S/C16H17FN4O/c1-10(22)21-8-2-3-14(21)15-13(9-19-16(18)20-15)11-4-6-12(17)7-5-11/h4-7,9,14H,2-3,8H2,1H3,(H2,18,19,20)/t14-/m0/s1. The fourth-order valence-electron chi connectivity index (χ4n) is 2.94. The Labute approximate surface area is 128 Å². The monoisotopic (exact) mass is 300 g/mol. The average molecular weight is 300 g/mol. The maximum atomic E-state index is 13.1. The minimum atomic E-state index is -0.298. The summed E-state index contributed by atoms with van der Waals surface area (Å²) in [6.07, 6.45) is 3.41. The predicted molar refractivity (Wildman–Crippen MR) is 81.2 cm³/mol. The summed E-state index contributed by atoms with van der Waals surface area (Å²) in [5, 5.41) is 0. The van der Waals surface area contributed by atoms with Crippen LogP contribution in [0.5, 0.6) is 0 Å². The van der Waals surface area contributed by atoms with Crippen LogP contribution in [0.15, 0.2) is 30.5 Å². The van der Waals surface area contributed by atoms with Crippen molar-refractivity contribution in [3.63, 3.8) is 0 Å². The van der Waals surface area contributed by atoms with Crippen LogP contribution < -0.4 is 5.73 Å². The minimum absolute atomic E-state index is 0.0183. The largest absolute Gasteiger partial charge is 0.368 e. The molecule has 0 saturated carbocycles. The highest BCUT2D eigenvalue weighted by molar-refractivity contribution is 5.75. The molecule has 0 bridgehead atoms. The van der Waals surface area contributed by atoms with Crippen LogP contribution in [-0.2, 0) is 4.79 Å². The number of rotatable bonds is 2. The van der Waals surface area contributed by atoms with Gasteiger partial charge in [0, 0.05) is 25.2 Å². The molecule has 1 aromatic carbocycles. The number of nitrogens with zero attached hydrogens (tertiary/aromatic N) is 3. The van der Waals surface area contributed by atoms with Crippen LogP contribution in [0.1, 0.15) is 31.5 Å². The predicted octanol–water partition coefficient (Wildman–Crippen LogP) is 2.55. The number of hydrogen-bond donors (Lipinski definition) is 1. The molecule has 0 unspecified atom stereocenters. The quantitative estimate of drug-likeness (QED) is 0.925. The van der Waals surface area contributed by atoms with Gasteiger partial charge in [-0.1, -0.05) is 12.1 Å². The van der Waals surface area contributed by atoms with E-state index in [0.29, 0.717) is 6.54 Å². The second kappa shape index (κ2) is 5.71. The van der Waals surface area contributed by atoms with E-state index in [0.717, 1.165) is 29.7 Å². The highest BCUT2D eigenvalue weighted by atomic mass is 19.1. The molecule has 114 valence electrons. The second-order valence-corrected chi connectivity index (χ2v) is 5.40. The van der Waals surface area contributed by atoms with Gasteiger partial charge in [0.25, 0.3) is 0 Å². The maximum absolute atomic E-state index is 13.1. The number of nitrogen functional groups attached to an aromatic ring is 1. The van der Waals surface area contributed by atoms with Gasteiger partial charge in [-0.3, -0.25) is 4.79 Å². The van der Waals surface area contributed by atoms with Crippen molar-refractivity contribution >= 4 is 11.9 Å². The minimum Gasteiger partial charge on any atom is -0.368 e. The van der Waals surface area contributed by atoms with Gasteiger partial charge in [0.1, 0.15) is 5.82 Å². The van der Waals surface area contributed by atoms with Gasteiger partial charge in [-0.05, 0) is 30.5 Å². The van der Waals surface area contributed by atoms with Gasteiger partial charge in [-0.2, -0.15) is 0 Å². The molecule has 2 N–H and O–H groups in total. The van der Waals surface area contributed by atoms with Gasteiger partial charge in [-0.15, -0.1) is 0 Å². The van der Waals surface area contributed by atoms with Crippen LogP contribution in [0, 0.1) is 5.82 Å². The normalized spacial score (nSPS) is 17.7. The fraction of sp³-hybridized carbons (Fsp3) is 0.312. The molecule has 1 aliphatic rings. The molecule has 1 fully saturated rings. The van der Waals surface area contributed by atoms with Crippen molar-refractivity contribution in [2.45, 2.75) is 25.8 Å². The molecule has 3 rings (SSSR count). The van der Waals surface area contributed by atoms with Crippen LogP contribution in [0.2, 0.25) is 0 Å².